The van der Waals surface area contributed by atoms with Crippen LogP contribution in [0.25, 0.3) is 15.3 Å². The summed E-state index contributed by atoms with van der Waals surface area (Å²) in [6.45, 7) is 9.49. The number of hydrogen-bond donors (Lipinski definition) is 0. The number of hydrogen-bond acceptors (Lipinski definition) is 2. The predicted molar refractivity (Wildman–Crippen MR) is 168 cm³/mol. The van der Waals surface area contributed by atoms with Crippen molar-refractivity contribution in [3.63, 3.8) is 0 Å². The van der Waals surface area contributed by atoms with E-state index in [4.69, 9.17) is 9.96 Å². The first kappa shape index (κ1) is 44.5. The summed E-state index contributed by atoms with van der Waals surface area (Å²) >= 11 is 0. The molecule has 1 radical (unpaired) electrons. The second kappa shape index (κ2) is 23.3. The minimum Gasteiger partial charge on any atom is -0.668 e. The number of aromatic nitrogens is 2. The molecule has 2 saturated carbocycles. The Balaban J connectivity index is -0.000000246. The van der Waals surface area contributed by atoms with Crippen LogP contribution in [0.1, 0.15) is 51.4 Å². The molecule has 2 aliphatic carbocycles. The molecule has 0 aromatic carbocycles. The van der Waals surface area contributed by atoms with Crippen LogP contribution in [0, 0.1) is 22.3 Å². The molecule has 5 nitrogen and oxygen atoms in total. The van der Waals surface area contributed by atoms with Crippen molar-refractivity contribution in [2.75, 3.05) is 14.1 Å². The van der Waals surface area contributed by atoms with Crippen LogP contribution in [-0.2, 0) is 38.8 Å². The van der Waals surface area contributed by atoms with Crippen LogP contribution in [-0.4, -0.2) is 40.5 Å². The minimum absolute atomic E-state index is 0. The average molecular weight is 632 g/mol. The van der Waals surface area contributed by atoms with Crippen LogP contribution < -0.4 is 0 Å². The monoisotopic (exact) mass is 631 g/mol. The molecule has 2 heterocycles. The summed E-state index contributed by atoms with van der Waals surface area (Å²) in [6.07, 6.45) is 14.8. The Kier molecular flexibility index (Phi) is 27.3. The minimum atomic E-state index is -1.45. The summed E-state index contributed by atoms with van der Waals surface area (Å²) < 4.78 is 0. The van der Waals surface area contributed by atoms with Gasteiger partial charge in [-0.05, 0) is 11.1 Å². The molecule has 2 aromatic rings. The molecule has 4 rings (SSSR count). The molecule has 0 N–H and O–H groups in total. The molecule has 0 atom stereocenters. The van der Waals surface area contributed by atoms with E-state index in [-0.39, 0.29) is 61.1 Å². The van der Waals surface area contributed by atoms with Gasteiger partial charge in [-0.1, -0.05) is 138 Å². The van der Waals surface area contributed by atoms with Gasteiger partial charge in [0.1, 0.15) is 0 Å². The van der Waals surface area contributed by atoms with E-state index >= 15 is 0 Å². The second-order valence-corrected chi connectivity index (χ2v) is 19.0. The molecule has 0 saturated heterocycles. The first-order valence-corrected chi connectivity index (χ1v) is 18.6. The summed E-state index contributed by atoms with van der Waals surface area (Å²) in [5.41, 5.74) is 1.75. The summed E-state index contributed by atoms with van der Waals surface area (Å²) in [5.74, 6) is 1.86. The van der Waals surface area contributed by atoms with Crippen LogP contribution in [0.4, 0.5) is 11.6 Å². The molecular formula is C29H53FeN5Si2Ti-. The van der Waals surface area contributed by atoms with E-state index in [1.165, 1.54) is 51.4 Å². The molecular weight excluding hydrogens is 578 g/mol. The number of nitrogens with zero attached hydrogens (tertiary/aromatic N) is 5. The molecule has 0 unspecified atom stereocenters. The molecule has 2 fully saturated rings. The zero-order chi connectivity index (χ0) is 24.2. The van der Waals surface area contributed by atoms with E-state index in [1.54, 1.807) is 14.1 Å². The largest absolute Gasteiger partial charge is 3.00 e. The molecule has 2 aromatic heterocycles. The van der Waals surface area contributed by atoms with Gasteiger partial charge in [-0.15, -0.1) is 0 Å². The van der Waals surface area contributed by atoms with E-state index in [2.05, 4.69) is 41.5 Å². The molecule has 0 bridgehead atoms. The maximum absolute atomic E-state index is 4.90. The second-order valence-electron chi connectivity index (χ2n) is 10.3. The van der Waals surface area contributed by atoms with Crippen molar-refractivity contribution < 1.29 is 38.8 Å². The topological polar surface area (TPSA) is 68.1 Å². The van der Waals surface area contributed by atoms with Gasteiger partial charge in [0.2, 0.25) is 0 Å². The first-order chi connectivity index (χ1) is 15.8. The van der Waals surface area contributed by atoms with Crippen molar-refractivity contribution in [1.29, 1.82) is 0 Å². The van der Waals surface area contributed by atoms with Gasteiger partial charge in [0.25, 0.3) is 0 Å². The maximum Gasteiger partial charge on any atom is 3.00 e. The summed E-state index contributed by atoms with van der Waals surface area (Å²) in [6, 6.07) is 12.0. The Morgan fingerprint density at radius 2 is 0.921 bits per heavy atom. The van der Waals surface area contributed by atoms with Crippen molar-refractivity contribution >= 4 is 28.1 Å². The van der Waals surface area contributed by atoms with Gasteiger partial charge in [0, 0.05) is 16.5 Å². The van der Waals surface area contributed by atoms with Crippen molar-refractivity contribution in [2.24, 2.45) is 0 Å². The van der Waals surface area contributed by atoms with E-state index in [0.717, 1.165) is 22.7 Å². The molecule has 0 aliphatic heterocycles. The fraction of sp³-hybridized carbons (Fsp3) is 0.552. The fourth-order valence-corrected chi connectivity index (χ4v) is 10.3. The quantitative estimate of drug-likeness (QED) is 0.235. The van der Waals surface area contributed by atoms with Gasteiger partial charge in [-0.25, -0.2) is 0 Å². The molecule has 0 amide bonds. The average Bonchev–Trinajstić information content (AvgIpc) is 3.51. The third kappa shape index (κ3) is 16.0. The Hall–Kier alpha value is -0.472. The number of rotatable bonds is 6. The third-order valence-corrected chi connectivity index (χ3v) is 13.6. The van der Waals surface area contributed by atoms with E-state index in [0.29, 0.717) is 0 Å². The zero-order valence-electron chi connectivity index (χ0n) is 25.5. The van der Waals surface area contributed by atoms with Gasteiger partial charge in [0.05, 0.1) is 0 Å². The molecule has 38 heavy (non-hydrogen) atoms. The Labute approximate surface area is 264 Å². The maximum atomic E-state index is 4.90. The van der Waals surface area contributed by atoms with Crippen LogP contribution >= 0.6 is 0 Å². The van der Waals surface area contributed by atoms with Crippen LogP contribution in [0.2, 0.25) is 37.3 Å². The Morgan fingerprint density at radius 1 is 0.632 bits per heavy atom. The third-order valence-electron chi connectivity index (χ3n) is 6.81. The van der Waals surface area contributed by atoms with Crippen LogP contribution in [0.15, 0.2) is 48.8 Å². The molecule has 2 aliphatic rings. The molecule has 0 spiro atoms. The van der Waals surface area contributed by atoms with Gasteiger partial charge >= 0.3 is 38.8 Å². The first-order valence-electron chi connectivity index (χ1n) is 12.5. The predicted octanol–water partition coefficient (Wildman–Crippen LogP) is 10.4. The summed E-state index contributed by atoms with van der Waals surface area (Å²) in [5, 5.41) is 3.50. The molecule has 9 heteroatoms. The van der Waals surface area contributed by atoms with Crippen molar-refractivity contribution in [2.45, 2.75) is 88.6 Å². The SMILES string of the molecule is C[N-]C.C[Si](C)([N-]c1ccccn1)C1CCCC1.C[Si](C)([N-]c1ccccn1)C1CCCC1.[CH3-].[CH3-].[CH3-].[Fe+2].[Ti+3]. The normalized spacial score (nSPS) is 14.7. The zero-order valence-corrected chi connectivity index (χ0v) is 30.2. The Bertz CT molecular complexity index is 708. The van der Waals surface area contributed by atoms with E-state index in [9.17, 15) is 0 Å². The van der Waals surface area contributed by atoms with E-state index < -0.39 is 16.5 Å². The number of pyridine rings is 2. The Morgan fingerprint density at radius 3 is 1.16 bits per heavy atom. The van der Waals surface area contributed by atoms with Crippen molar-refractivity contribution in [1.82, 2.24) is 9.97 Å². The van der Waals surface area contributed by atoms with E-state index in [1.807, 2.05) is 48.8 Å². The smallest absolute Gasteiger partial charge is 0.668 e. The fourth-order valence-electron chi connectivity index (χ4n) is 4.88. The van der Waals surface area contributed by atoms with Crippen LogP contribution in [0.3, 0.4) is 0 Å². The van der Waals surface area contributed by atoms with Gasteiger partial charge < -0.3 is 47.5 Å². The standard InChI is InChI=1S/2C12H19N2Si.C2H6N.3CH3.Fe.Ti/c2*1-15(2,11-7-3-4-8-11)14-12-9-5-6-10-13-12;1-3-2;;;;;/h2*5-6,9-11H,3-4,7-8H2,1-2H3;1-2H3;3*1H3;;/q6*-1;+2;+3. The van der Waals surface area contributed by atoms with Crippen LogP contribution in [0.5, 0.6) is 0 Å². The van der Waals surface area contributed by atoms with Gasteiger partial charge in [-0.3, -0.25) is 0 Å². The van der Waals surface area contributed by atoms with Crippen molar-refractivity contribution in [3.05, 3.63) is 86.4 Å². The van der Waals surface area contributed by atoms with Crippen molar-refractivity contribution in [3.8, 4) is 0 Å². The van der Waals surface area contributed by atoms with Gasteiger partial charge in [0.15, 0.2) is 0 Å². The van der Waals surface area contributed by atoms with Gasteiger partial charge in [-0.2, -0.15) is 14.1 Å². The summed E-state index contributed by atoms with van der Waals surface area (Å²) in [7, 11) is 0.603. The molecule has 215 valence electrons. The summed E-state index contributed by atoms with van der Waals surface area (Å²) in [4.78, 5) is 18.4.